The van der Waals surface area contributed by atoms with E-state index in [9.17, 15) is 19.5 Å². The van der Waals surface area contributed by atoms with E-state index >= 15 is 0 Å². The zero-order chi connectivity index (χ0) is 24.4. The van der Waals surface area contributed by atoms with Gasteiger partial charge in [-0.15, -0.1) is 0 Å². The van der Waals surface area contributed by atoms with E-state index in [1.165, 1.54) is 35.0 Å². The van der Waals surface area contributed by atoms with Gasteiger partial charge in [0.1, 0.15) is 11.3 Å². The van der Waals surface area contributed by atoms with Gasteiger partial charge in [0, 0.05) is 27.5 Å². The molecule has 34 heavy (non-hydrogen) atoms. The highest BCUT2D eigenvalue weighted by atomic mass is 35.5. The van der Waals surface area contributed by atoms with Crippen LogP contribution in [-0.4, -0.2) is 21.4 Å². The maximum atomic E-state index is 13.3. The van der Waals surface area contributed by atoms with Crippen molar-refractivity contribution < 1.29 is 14.7 Å². The molecule has 1 amide bonds. The number of anilines is 1. The first-order chi connectivity index (χ1) is 16.2. The Hall–Kier alpha value is -3.87. The maximum Gasteiger partial charge on any atom is 0.267 e. The first kappa shape index (κ1) is 23.3. The van der Waals surface area contributed by atoms with Gasteiger partial charge in [0.05, 0.1) is 11.3 Å². The molecule has 4 rings (SSSR count). The van der Waals surface area contributed by atoms with Crippen LogP contribution in [0.2, 0.25) is 10.0 Å². The van der Waals surface area contributed by atoms with Gasteiger partial charge in [-0.25, -0.2) is 0 Å². The molecule has 3 aromatic carbocycles. The molecule has 6 nitrogen and oxygen atoms in total. The number of pyridine rings is 1. The first-order valence-corrected chi connectivity index (χ1v) is 10.9. The minimum Gasteiger partial charge on any atom is -0.507 e. The molecule has 0 aliphatic rings. The van der Waals surface area contributed by atoms with Crippen LogP contribution in [0, 0.1) is 6.92 Å². The number of carbonyl (C=O) groups excluding carboxylic acids is 2. The van der Waals surface area contributed by atoms with Crippen LogP contribution in [0.4, 0.5) is 5.69 Å². The summed E-state index contributed by atoms with van der Waals surface area (Å²) in [6.45, 7) is 1.78. The van der Waals surface area contributed by atoms with Gasteiger partial charge in [0.15, 0.2) is 5.78 Å². The number of nitrogens with zero attached hydrogens (tertiary/aromatic N) is 1. The molecular weight excluding hydrogens is 475 g/mol. The van der Waals surface area contributed by atoms with E-state index in [0.29, 0.717) is 21.4 Å². The molecule has 0 atom stereocenters. The fourth-order valence-electron chi connectivity index (χ4n) is 3.44. The maximum absolute atomic E-state index is 13.3. The Labute approximate surface area is 205 Å². The number of hydrogen-bond acceptors (Lipinski definition) is 4. The Morgan fingerprint density at radius 1 is 0.882 bits per heavy atom. The summed E-state index contributed by atoms with van der Waals surface area (Å²) in [6.07, 6.45) is 1.33. The number of carbonyl (C=O) groups is 2. The molecule has 4 aromatic rings. The van der Waals surface area contributed by atoms with E-state index in [-0.39, 0.29) is 22.4 Å². The summed E-state index contributed by atoms with van der Waals surface area (Å²) in [5.41, 5.74) is 0.707. The van der Waals surface area contributed by atoms with Crippen LogP contribution >= 0.6 is 23.2 Å². The summed E-state index contributed by atoms with van der Waals surface area (Å²) in [4.78, 5) is 39.7. The number of aryl methyl sites for hydroxylation is 1. The fraction of sp³-hybridized carbons (Fsp3) is 0.0385. The average Bonchev–Trinajstić information content (AvgIpc) is 2.80. The molecule has 0 fully saturated rings. The van der Waals surface area contributed by atoms with Crippen molar-refractivity contribution in [3.63, 3.8) is 0 Å². The topological polar surface area (TPSA) is 88.4 Å². The Balaban J connectivity index is 1.87. The number of benzene rings is 3. The van der Waals surface area contributed by atoms with Crippen molar-refractivity contribution in [1.29, 1.82) is 0 Å². The first-order valence-electron chi connectivity index (χ1n) is 10.2. The van der Waals surface area contributed by atoms with Gasteiger partial charge in [0.25, 0.3) is 11.5 Å². The van der Waals surface area contributed by atoms with E-state index in [1.807, 2.05) is 0 Å². The number of aromatic nitrogens is 1. The monoisotopic (exact) mass is 492 g/mol. The number of phenolic OH excluding ortho intramolecular Hbond substituents is 1. The van der Waals surface area contributed by atoms with Crippen LogP contribution in [0.1, 0.15) is 31.8 Å². The van der Waals surface area contributed by atoms with E-state index in [0.717, 1.165) is 5.56 Å². The van der Waals surface area contributed by atoms with Gasteiger partial charge in [-0.3, -0.25) is 19.0 Å². The SMILES string of the molecule is Cc1ccc(O)c(C(=O)c2cc(C(=O)Nc3cccc(Cl)c3)c(=O)n(-c3cccc(Cl)c3)c2)c1. The molecule has 0 spiro atoms. The van der Waals surface area contributed by atoms with Crippen LogP contribution in [0.15, 0.2) is 83.8 Å². The van der Waals surface area contributed by atoms with Crippen LogP contribution in [0.25, 0.3) is 5.69 Å². The third kappa shape index (κ3) is 4.88. The number of rotatable bonds is 5. The highest BCUT2D eigenvalue weighted by Crippen LogP contribution is 2.23. The Kier molecular flexibility index (Phi) is 6.54. The molecular formula is C26H18Cl2N2O4. The van der Waals surface area contributed by atoms with Crippen LogP contribution < -0.4 is 10.9 Å². The molecule has 170 valence electrons. The van der Waals surface area contributed by atoms with Crippen molar-refractivity contribution in [2.75, 3.05) is 5.32 Å². The highest BCUT2D eigenvalue weighted by Gasteiger charge is 2.21. The zero-order valence-electron chi connectivity index (χ0n) is 17.9. The van der Waals surface area contributed by atoms with Crippen LogP contribution in [0.5, 0.6) is 5.75 Å². The lowest BCUT2D eigenvalue weighted by atomic mass is 10.0. The van der Waals surface area contributed by atoms with Crippen LogP contribution in [-0.2, 0) is 0 Å². The zero-order valence-corrected chi connectivity index (χ0v) is 19.4. The molecule has 8 heteroatoms. The summed E-state index contributed by atoms with van der Waals surface area (Å²) in [6, 6.07) is 18.8. The molecule has 0 saturated carbocycles. The largest absolute Gasteiger partial charge is 0.507 e. The van der Waals surface area contributed by atoms with Crippen molar-refractivity contribution in [2.45, 2.75) is 6.92 Å². The number of halogens is 2. The minimum absolute atomic E-state index is 0.0386. The summed E-state index contributed by atoms with van der Waals surface area (Å²) < 4.78 is 1.18. The lowest BCUT2D eigenvalue weighted by molar-refractivity contribution is 0.102. The third-order valence-electron chi connectivity index (χ3n) is 5.09. The molecule has 0 aliphatic heterocycles. The molecule has 2 N–H and O–H groups in total. The van der Waals surface area contributed by atoms with Crippen molar-refractivity contribution in [3.8, 4) is 11.4 Å². The van der Waals surface area contributed by atoms with Gasteiger partial charge in [0.2, 0.25) is 0 Å². The number of ketones is 1. The van der Waals surface area contributed by atoms with E-state index in [4.69, 9.17) is 23.2 Å². The van der Waals surface area contributed by atoms with Gasteiger partial charge in [-0.1, -0.05) is 47.0 Å². The van der Waals surface area contributed by atoms with Crippen molar-refractivity contribution >= 4 is 40.6 Å². The molecule has 1 aromatic heterocycles. The number of hydrogen-bond donors (Lipinski definition) is 2. The number of phenols is 1. The number of amides is 1. The summed E-state index contributed by atoms with van der Waals surface area (Å²) in [5.74, 6) is -1.47. The summed E-state index contributed by atoms with van der Waals surface area (Å²) in [5, 5.41) is 13.7. The fourth-order valence-corrected chi connectivity index (χ4v) is 3.81. The molecule has 0 radical (unpaired) electrons. The summed E-state index contributed by atoms with van der Waals surface area (Å²) in [7, 11) is 0. The minimum atomic E-state index is -0.717. The van der Waals surface area contributed by atoms with Gasteiger partial charge < -0.3 is 10.4 Å². The average molecular weight is 493 g/mol. The molecule has 1 heterocycles. The predicted molar refractivity (Wildman–Crippen MR) is 133 cm³/mol. The summed E-state index contributed by atoms with van der Waals surface area (Å²) >= 11 is 12.1. The smallest absolute Gasteiger partial charge is 0.267 e. The van der Waals surface area contributed by atoms with Gasteiger partial charge in [-0.05, 0) is 61.5 Å². The van der Waals surface area contributed by atoms with Crippen molar-refractivity contribution in [2.24, 2.45) is 0 Å². The highest BCUT2D eigenvalue weighted by molar-refractivity contribution is 6.31. The lowest BCUT2D eigenvalue weighted by Gasteiger charge is -2.13. The molecule has 0 unspecified atom stereocenters. The third-order valence-corrected chi connectivity index (χ3v) is 5.56. The van der Waals surface area contributed by atoms with E-state index < -0.39 is 17.2 Å². The second-order valence-corrected chi connectivity index (χ2v) is 8.48. The second-order valence-electron chi connectivity index (χ2n) is 7.61. The lowest BCUT2D eigenvalue weighted by Crippen LogP contribution is -2.29. The van der Waals surface area contributed by atoms with Crippen molar-refractivity contribution in [3.05, 3.63) is 122 Å². The Morgan fingerprint density at radius 2 is 1.59 bits per heavy atom. The van der Waals surface area contributed by atoms with Crippen LogP contribution in [0.3, 0.4) is 0 Å². The molecule has 0 aliphatic carbocycles. The molecule has 0 bridgehead atoms. The predicted octanol–water partition coefficient (Wildman–Crippen LogP) is 5.64. The van der Waals surface area contributed by atoms with Gasteiger partial charge in [-0.2, -0.15) is 0 Å². The second kappa shape index (κ2) is 9.55. The standard InChI is InChI=1S/C26H18Cl2N2O4/c1-15-8-9-23(31)21(10-15)24(32)16-11-22(25(33)29-19-6-2-4-17(27)12-19)26(34)30(14-16)20-7-3-5-18(28)13-20/h2-14,31H,1H3,(H,29,33). The van der Waals surface area contributed by atoms with Gasteiger partial charge >= 0.3 is 0 Å². The molecule has 0 saturated heterocycles. The van der Waals surface area contributed by atoms with Crippen molar-refractivity contribution in [1.82, 2.24) is 4.57 Å². The number of nitrogens with one attached hydrogen (secondary N) is 1. The van der Waals surface area contributed by atoms with E-state index in [2.05, 4.69) is 5.32 Å². The normalized spacial score (nSPS) is 10.7. The number of aromatic hydroxyl groups is 1. The Bertz CT molecular complexity index is 1490. The van der Waals surface area contributed by atoms with E-state index in [1.54, 1.807) is 55.5 Å². The quantitative estimate of drug-likeness (QED) is 0.352. The Morgan fingerprint density at radius 3 is 2.29 bits per heavy atom.